The Labute approximate surface area is 148 Å². The van der Waals surface area contributed by atoms with Crippen LogP contribution in [0.3, 0.4) is 0 Å². The molecule has 3 aromatic heterocycles. The number of urea groups is 1. The number of piperidine rings is 1. The van der Waals surface area contributed by atoms with Crippen LogP contribution >= 0.6 is 11.3 Å². The Morgan fingerprint density at radius 1 is 1.28 bits per heavy atom. The van der Waals surface area contributed by atoms with Crippen molar-refractivity contribution in [1.29, 1.82) is 0 Å². The molecule has 0 radical (unpaired) electrons. The van der Waals surface area contributed by atoms with E-state index in [0.29, 0.717) is 6.54 Å². The minimum atomic E-state index is 0.0384. The Morgan fingerprint density at radius 3 is 2.96 bits per heavy atom. The molecule has 3 aliphatic heterocycles. The van der Waals surface area contributed by atoms with Crippen molar-refractivity contribution in [1.82, 2.24) is 30.0 Å². The summed E-state index contributed by atoms with van der Waals surface area (Å²) in [6.07, 6.45) is 2.67. The SMILES string of the molecule is O=C(NCc1cccs1)N1C2CC1CN(c1ccc3nncn3n1)C2. The van der Waals surface area contributed by atoms with Crippen LogP contribution in [0.5, 0.6) is 0 Å². The molecule has 3 fully saturated rings. The van der Waals surface area contributed by atoms with Gasteiger partial charge >= 0.3 is 6.03 Å². The van der Waals surface area contributed by atoms with Gasteiger partial charge in [-0.25, -0.2) is 4.79 Å². The summed E-state index contributed by atoms with van der Waals surface area (Å²) in [5.41, 5.74) is 0.737. The van der Waals surface area contributed by atoms with Crippen LogP contribution < -0.4 is 10.2 Å². The summed E-state index contributed by atoms with van der Waals surface area (Å²) >= 11 is 1.66. The number of carbonyl (C=O) groups is 1. The molecule has 0 saturated carbocycles. The molecule has 2 bridgehead atoms. The van der Waals surface area contributed by atoms with E-state index in [0.717, 1.165) is 31.0 Å². The summed E-state index contributed by atoms with van der Waals surface area (Å²) in [6, 6.07) is 8.47. The van der Waals surface area contributed by atoms with Crippen molar-refractivity contribution in [2.45, 2.75) is 25.0 Å². The third-order valence-electron chi connectivity index (χ3n) is 4.89. The van der Waals surface area contributed by atoms with Gasteiger partial charge < -0.3 is 15.1 Å². The van der Waals surface area contributed by atoms with Crippen LogP contribution in [-0.4, -0.2) is 55.9 Å². The highest BCUT2D eigenvalue weighted by Gasteiger charge is 2.47. The number of anilines is 1. The van der Waals surface area contributed by atoms with Crippen molar-refractivity contribution in [2.75, 3.05) is 18.0 Å². The first-order valence-corrected chi connectivity index (χ1v) is 9.16. The van der Waals surface area contributed by atoms with Gasteiger partial charge in [0.1, 0.15) is 12.1 Å². The van der Waals surface area contributed by atoms with E-state index in [1.807, 2.05) is 34.5 Å². The number of thiophene rings is 1. The maximum Gasteiger partial charge on any atom is 0.318 e. The number of hydrogen-bond acceptors (Lipinski definition) is 6. The quantitative estimate of drug-likeness (QED) is 0.767. The first-order valence-electron chi connectivity index (χ1n) is 8.28. The molecule has 3 aromatic rings. The summed E-state index contributed by atoms with van der Waals surface area (Å²) in [4.78, 5) is 17.9. The van der Waals surface area contributed by atoms with E-state index in [1.165, 1.54) is 4.88 Å². The molecule has 0 aromatic carbocycles. The zero-order valence-corrected chi connectivity index (χ0v) is 14.3. The highest BCUT2D eigenvalue weighted by molar-refractivity contribution is 7.09. The van der Waals surface area contributed by atoms with E-state index >= 15 is 0 Å². The fraction of sp³-hybridized carbons (Fsp3) is 0.375. The molecule has 1 N–H and O–H groups in total. The van der Waals surface area contributed by atoms with Gasteiger partial charge in [0.15, 0.2) is 5.65 Å². The van der Waals surface area contributed by atoms with Crippen LogP contribution in [0.1, 0.15) is 11.3 Å². The van der Waals surface area contributed by atoms with E-state index in [9.17, 15) is 4.79 Å². The molecule has 6 heterocycles. The molecule has 0 spiro atoms. The molecular weight excluding hydrogens is 338 g/mol. The number of amides is 2. The molecule has 2 atom stereocenters. The van der Waals surface area contributed by atoms with Gasteiger partial charge in [-0.05, 0) is 30.0 Å². The fourth-order valence-corrected chi connectivity index (χ4v) is 4.33. The number of carbonyl (C=O) groups excluding carboxylic acids is 1. The maximum absolute atomic E-state index is 12.5. The first-order chi connectivity index (χ1) is 12.3. The van der Waals surface area contributed by atoms with E-state index in [-0.39, 0.29) is 18.1 Å². The highest BCUT2D eigenvalue weighted by Crippen LogP contribution is 2.34. The van der Waals surface area contributed by atoms with E-state index in [2.05, 4.69) is 25.5 Å². The predicted molar refractivity (Wildman–Crippen MR) is 93.6 cm³/mol. The molecule has 3 aliphatic rings. The van der Waals surface area contributed by atoms with Crippen LogP contribution in [-0.2, 0) is 6.54 Å². The number of nitrogens with zero attached hydrogens (tertiary/aromatic N) is 6. The van der Waals surface area contributed by atoms with Crippen molar-refractivity contribution >= 4 is 28.8 Å². The fourth-order valence-electron chi connectivity index (χ4n) is 3.68. The molecule has 9 heteroatoms. The van der Waals surface area contributed by atoms with Crippen LogP contribution in [0.15, 0.2) is 36.0 Å². The third-order valence-corrected chi connectivity index (χ3v) is 5.77. The second-order valence-electron chi connectivity index (χ2n) is 6.42. The maximum atomic E-state index is 12.5. The van der Waals surface area contributed by atoms with Crippen molar-refractivity contribution in [3.05, 3.63) is 40.8 Å². The number of piperazine rings is 1. The summed E-state index contributed by atoms with van der Waals surface area (Å²) in [7, 11) is 0. The normalized spacial score (nSPS) is 22.1. The van der Waals surface area contributed by atoms with E-state index < -0.39 is 0 Å². The first kappa shape index (κ1) is 14.6. The molecule has 25 heavy (non-hydrogen) atoms. The van der Waals surface area contributed by atoms with Gasteiger partial charge in [0.05, 0.1) is 18.6 Å². The molecule has 6 rings (SSSR count). The molecule has 8 nitrogen and oxygen atoms in total. The Kier molecular flexibility index (Phi) is 3.34. The lowest BCUT2D eigenvalue weighted by Gasteiger charge is -2.56. The molecule has 0 aliphatic carbocycles. The Balaban J connectivity index is 1.24. The topological polar surface area (TPSA) is 78.7 Å². The molecule has 3 saturated heterocycles. The molecule has 128 valence electrons. The smallest absolute Gasteiger partial charge is 0.318 e. The second kappa shape index (κ2) is 5.69. The zero-order valence-electron chi connectivity index (χ0n) is 13.4. The van der Waals surface area contributed by atoms with Crippen LogP contribution in [0.4, 0.5) is 10.6 Å². The summed E-state index contributed by atoms with van der Waals surface area (Å²) in [6.45, 7) is 2.22. The lowest BCUT2D eigenvalue weighted by atomic mass is 9.88. The summed E-state index contributed by atoms with van der Waals surface area (Å²) in [5, 5.41) is 17.4. The van der Waals surface area contributed by atoms with Crippen molar-refractivity contribution < 1.29 is 4.79 Å². The van der Waals surface area contributed by atoms with E-state index in [1.54, 1.807) is 22.2 Å². The number of rotatable bonds is 3. The van der Waals surface area contributed by atoms with Crippen molar-refractivity contribution in [3.63, 3.8) is 0 Å². The van der Waals surface area contributed by atoms with Crippen LogP contribution in [0, 0.1) is 0 Å². The van der Waals surface area contributed by atoms with Crippen molar-refractivity contribution in [3.8, 4) is 0 Å². The van der Waals surface area contributed by atoms with E-state index in [4.69, 9.17) is 0 Å². The van der Waals surface area contributed by atoms with Gasteiger partial charge in [-0.1, -0.05) is 6.07 Å². The molecule has 2 amide bonds. The minimum Gasteiger partial charge on any atom is -0.351 e. The minimum absolute atomic E-state index is 0.0384. The number of aromatic nitrogens is 4. The van der Waals surface area contributed by atoms with Gasteiger partial charge in [-0.2, -0.15) is 4.52 Å². The van der Waals surface area contributed by atoms with Gasteiger partial charge in [-0.3, -0.25) is 0 Å². The third kappa shape index (κ3) is 2.51. The number of fused-ring (bicyclic) bond motifs is 3. The van der Waals surface area contributed by atoms with Gasteiger partial charge in [-0.15, -0.1) is 26.6 Å². The van der Waals surface area contributed by atoms with Crippen molar-refractivity contribution in [2.24, 2.45) is 0 Å². The Bertz CT molecular complexity index is 896. The number of nitrogens with one attached hydrogen (secondary N) is 1. The average molecular weight is 355 g/mol. The lowest BCUT2D eigenvalue weighted by molar-refractivity contribution is 0.0365. The summed E-state index contributed by atoms with van der Waals surface area (Å²) in [5.74, 6) is 0.903. The van der Waals surface area contributed by atoms with Crippen LogP contribution in [0.2, 0.25) is 0 Å². The molecule has 2 unspecified atom stereocenters. The largest absolute Gasteiger partial charge is 0.351 e. The Morgan fingerprint density at radius 2 is 2.16 bits per heavy atom. The van der Waals surface area contributed by atoms with Gasteiger partial charge in [0.2, 0.25) is 0 Å². The number of hydrogen-bond donors (Lipinski definition) is 1. The molecular formula is C16H17N7OS. The highest BCUT2D eigenvalue weighted by atomic mass is 32.1. The summed E-state index contributed by atoms with van der Waals surface area (Å²) < 4.78 is 1.68. The second-order valence-corrected chi connectivity index (χ2v) is 7.45. The van der Waals surface area contributed by atoms with Gasteiger partial charge in [0, 0.05) is 18.0 Å². The van der Waals surface area contributed by atoms with Crippen LogP contribution in [0.25, 0.3) is 5.65 Å². The zero-order chi connectivity index (χ0) is 16.8. The Hall–Kier alpha value is -2.68. The standard InChI is InChI=1S/C16H17N7OS/c24-16(17-7-13-2-1-5-25-13)23-11-6-12(23)9-21(8-11)15-4-3-14-19-18-10-22(14)20-15/h1-5,10-12H,6-9H2,(H,17,24). The van der Waals surface area contributed by atoms with Gasteiger partial charge in [0.25, 0.3) is 0 Å². The monoisotopic (exact) mass is 355 g/mol. The predicted octanol–water partition coefficient (Wildman–Crippen LogP) is 1.36. The lowest BCUT2D eigenvalue weighted by Crippen LogP contribution is -2.71. The average Bonchev–Trinajstić information content (AvgIpc) is 3.30.